The van der Waals surface area contributed by atoms with Gasteiger partial charge in [0.15, 0.2) is 0 Å². The summed E-state index contributed by atoms with van der Waals surface area (Å²) < 4.78 is 3.49. The zero-order valence-electron chi connectivity index (χ0n) is 30.0. The maximum atomic E-state index is 14.0. The minimum absolute atomic E-state index is 0.0598. The third kappa shape index (κ3) is 4.42. The molecule has 11 aromatic rings. The quantitative estimate of drug-likeness (QED) is 0.0916. The Morgan fingerprint density at radius 2 is 0.725 bits per heavy atom. The van der Waals surface area contributed by atoms with Crippen LogP contribution >= 0.6 is 0 Å². The van der Waals surface area contributed by atoms with Gasteiger partial charge in [-0.15, -0.1) is 13.2 Å². The molecule has 252 valence electrons. The zero-order chi connectivity index (χ0) is 36.1. The Morgan fingerprint density at radius 1 is 0.451 bits per heavy atom. The topological polar surface area (TPSA) is 68.7 Å². The van der Waals surface area contributed by atoms with E-state index < -0.39 is 0 Å². The summed E-state index contributed by atoms with van der Waals surface area (Å²) >= 11 is 0. The Morgan fingerprint density at radius 3 is 1.08 bits per heavy atom. The summed E-state index contributed by atoms with van der Waals surface area (Å²) in [5, 5.41) is 11.5. The zero-order valence-corrected chi connectivity index (χ0v) is 30.0. The van der Waals surface area contributed by atoms with Crippen LogP contribution in [0.25, 0.3) is 98.0 Å². The minimum atomic E-state index is -0.0598. The van der Waals surface area contributed by atoms with Gasteiger partial charge in [-0.25, -0.2) is 9.97 Å². The van der Waals surface area contributed by atoms with Gasteiger partial charge in [0.25, 0.3) is 11.1 Å². The van der Waals surface area contributed by atoms with Gasteiger partial charge in [0.2, 0.25) is 0 Å². The molecular weight excluding hydrogens is 629 g/mol. The van der Waals surface area contributed by atoms with Crippen molar-refractivity contribution in [1.29, 1.82) is 0 Å². The number of hydrogen-bond donors (Lipinski definition) is 0. The number of aromatic nitrogens is 4. The molecule has 11 rings (SSSR count). The van der Waals surface area contributed by atoms with Crippen LogP contribution < -0.4 is 11.1 Å². The molecule has 0 bridgehead atoms. The second-order valence-electron chi connectivity index (χ2n) is 12.0. The van der Waals surface area contributed by atoms with Crippen molar-refractivity contribution in [2.75, 3.05) is 0 Å². The first kappa shape index (κ1) is 33.4. The Kier molecular flexibility index (Phi) is 8.47. The van der Waals surface area contributed by atoms with Crippen molar-refractivity contribution in [3.05, 3.63) is 131 Å². The molecule has 0 spiro atoms. The third-order valence-electron chi connectivity index (χ3n) is 9.37. The summed E-state index contributed by atoms with van der Waals surface area (Å²) in [6.07, 6.45) is 1.25. The molecule has 0 radical (unpaired) electrons. The summed E-state index contributed by atoms with van der Waals surface area (Å²) in [6.45, 7) is 18.2. The standard InChI is InChI=1S/C36H16N4O2.C3H8.2C2H6.C2H4/c41-35-23-15-11-19-18-10-14-22-32-24(36(42)40-28-8-4-2-6-26(28)38-34(22)40)16-12-20(30(18)32)17-9-13-21(31(23)29(17)19)33-37-25-5-1-3-7-27(25)39(33)35;1-3-2;3*1-2/h1-16H;3H2,1-2H3;2*1-2H3;1-2H2. The lowest BCUT2D eigenvalue weighted by Crippen LogP contribution is -2.14. The molecule has 7 aromatic carbocycles. The van der Waals surface area contributed by atoms with Crippen molar-refractivity contribution < 1.29 is 0 Å². The van der Waals surface area contributed by atoms with E-state index in [1.54, 1.807) is 8.80 Å². The molecule has 0 aliphatic carbocycles. The average molecular weight is 669 g/mol. The summed E-state index contributed by atoms with van der Waals surface area (Å²) in [5.74, 6) is 0. The lowest BCUT2D eigenvalue weighted by molar-refractivity contribution is 1.09. The van der Waals surface area contributed by atoms with Gasteiger partial charge >= 0.3 is 0 Å². The van der Waals surface area contributed by atoms with Gasteiger partial charge in [-0.2, -0.15) is 0 Å². The van der Waals surface area contributed by atoms with Gasteiger partial charge in [0.1, 0.15) is 11.3 Å². The van der Waals surface area contributed by atoms with Crippen LogP contribution in [-0.4, -0.2) is 18.8 Å². The minimum Gasteiger partial charge on any atom is -0.268 e. The van der Waals surface area contributed by atoms with Gasteiger partial charge in [0.05, 0.1) is 22.1 Å². The van der Waals surface area contributed by atoms with E-state index >= 15 is 0 Å². The number of pyridine rings is 2. The molecule has 0 amide bonds. The fourth-order valence-corrected chi connectivity index (χ4v) is 7.68. The molecule has 0 unspecified atom stereocenters. The predicted octanol–water partition coefficient (Wildman–Crippen LogP) is 11.5. The SMILES string of the molecule is C=C.CC.CC.CCC.O=c1c2ccc3c4ccc5c6c(ccc(c7ccc(c2c37)c2nc3ccccc3n12)c46)c(=O)n1c2ccccc2nc51. The van der Waals surface area contributed by atoms with E-state index in [1.165, 1.54) is 6.42 Å². The molecule has 0 aliphatic rings. The van der Waals surface area contributed by atoms with E-state index in [0.29, 0.717) is 22.1 Å². The molecule has 0 atom stereocenters. The maximum absolute atomic E-state index is 14.0. The highest BCUT2D eigenvalue weighted by molar-refractivity contribution is 6.40. The Bertz CT molecular complexity index is 2920. The molecule has 4 heterocycles. The molecular formula is C45H40N4O2. The molecule has 0 saturated heterocycles. The van der Waals surface area contributed by atoms with Crippen molar-refractivity contribution >= 4 is 98.0 Å². The van der Waals surface area contributed by atoms with E-state index in [2.05, 4.69) is 63.4 Å². The first-order chi connectivity index (χ1) is 25.1. The highest BCUT2D eigenvalue weighted by Gasteiger charge is 2.23. The molecule has 0 saturated carbocycles. The number of benzene rings is 7. The number of rotatable bonds is 0. The molecule has 4 aromatic heterocycles. The summed E-state index contributed by atoms with van der Waals surface area (Å²) in [4.78, 5) is 37.7. The smallest absolute Gasteiger partial charge is 0.264 e. The van der Waals surface area contributed by atoms with Crippen molar-refractivity contribution in [2.24, 2.45) is 0 Å². The summed E-state index contributed by atoms with van der Waals surface area (Å²) in [6, 6.07) is 32.1. The van der Waals surface area contributed by atoms with Crippen LogP contribution in [0.2, 0.25) is 0 Å². The second-order valence-corrected chi connectivity index (χ2v) is 12.0. The average Bonchev–Trinajstić information content (AvgIpc) is 3.78. The van der Waals surface area contributed by atoms with Crippen LogP contribution in [-0.2, 0) is 0 Å². The molecule has 0 aliphatic heterocycles. The number of nitrogens with zero attached hydrogens (tertiary/aromatic N) is 4. The summed E-state index contributed by atoms with van der Waals surface area (Å²) in [5.41, 5.74) is 4.48. The van der Waals surface area contributed by atoms with Crippen LogP contribution in [0.5, 0.6) is 0 Å². The first-order valence-corrected chi connectivity index (χ1v) is 17.9. The fraction of sp³-hybridized carbons (Fsp3) is 0.156. The van der Waals surface area contributed by atoms with Crippen molar-refractivity contribution in [3.63, 3.8) is 0 Å². The van der Waals surface area contributed by atoms with Gasteiger partial charge in [0, 0.05) is 32.3 Å². The van der Waals surface area contributed by atoms with Gasteiger partial charge in [-0.3, -0.25) is 18.4 Å². The van der Waals surface area contributed by atoms with E-state index in [1.807, 2.05) is 88.4 Å². The lowest BCUT2D eigenvalue weighted by Gasteiger charge is -2.18. The van der Waals surface area contributed by atoms with Gasteiger partial charge in [-0.1, -0.05) is 96.5 Å². The van der Waals surface area contributed by atoms with Gasteiger partial charge in [-0.05, 0) is 80.8 Å². The van der Waals surface area contributed by atoms with Crippen LogP contribution in [0, 0.1) is 0 Å². The van der Waals surface area contributed by atoms with Gasteiger partial charge < -0.3 is 0 Å². The molecule has 6 nitrogen and oxygen atoms in total. The lowest BCUT2D eigenvalue weighted by atomic mass is 9.86. The van der Waals surface area contributed by atoms with Crippen LogP contribution in [0.4, 0.5) is 0 Å². The Balaban J connectivity index is 0.000000419. The van der Waals surface area contributed by atoms with Crippen molar-refractivity contribution in [2.45, 2.75) is 48.0 Å². The van der Waals surface area contributed by atoms with Crippen molar-refractivity contribution in [1.82, 2.24) is 18.8 Å². The fourth-order valence-electron chi connectivity index (χ4n) is 7.68. The highest BCUT2D eigenvalue weighted by atomic mass is 16.1. The Labute approximate surface area is 294 Å². The monoisotopic (exact) mass is 668 g/mol. The van der Waals surface area contributed by atoms with E-state index in [4.69, 9.17) is 9.97 Å². The number of hydrogen-bond acceptors (Lipinski definition) is 4. The molecule has 0 N–H and O–H groups in total. The first-order valence-electron chi connectivity index (χ1n) is 17.9. The van der Waals surface area contributed by atoms with Crippen LogP contribution in [0.1, 0.15) is 48.0 Å². The normalized spacial score (nSPS) is 11.3. The molecule has 51 heavy (non-hydrogen) atoms. The number of imidazole rings is 2. The van der Waals surface area contributed by atoms with E-state index in [0.717, 1.165) is 75.9 Å². The van der Waals surface area contributed by atoms with Crippen LogP contribution in [0.3, 0.4) is 0 Å². The number of para-hydroxylation sites is 4. The molecule has 6 heteroatoms. The largest absolute Gasteiger partial charge is 0.268 e. The second kappa shape index (κ2) is 13.0. The summed E-state index contributed by atoms with van der Waals surface area (Å²) in [7, 11) is 0. The van der Waals surface area contributed by atoms with Crippen LogP contribution in [0.15, 0.2) is 120 Å². The van der Waals surface area contributed by atoms with Crippen molar-refractivity contribution in [3.8, 4) is 0 Å². The predicted molar refractivity (Wildman–Crippen MR) is 220 cm³/mol. The highest BCUT2D eigenvalue weighted by Crippen LogP contribution is 2.45. The maximum Gasteiger partial charge on any atom is 0.264 e. The Hall–Kier alpha value is -6.14. The van der Waals surface area contributed by atoms with E-state index in [9.17, 15) is 9.59 Å². The molecule has 0 fully saturated rings. The third-order valence-corrected chi connectivity index (χ3v) is 9.37. The van der Waals surface area contributed by atoms with E-state index in [-0.39, 0.29) is 11.1 Å². The number of fused-ring (bicyclic) bond motifs is 10.